The van der Waals surface area contributed by atoms with Crippen LogP contribution in [0.15, 0.2) is 24.4 Å². The van der Waals surface area contributed by atoms with Crippen molar-refractivity contribution in [2.24, 2.45) is 0 Å². The Bertz CT molecular complexity index is 569. The second-order valence-electron chi connectivity index (χ2n) is 4.06. The van der Waals surface area contributed by atoms with Crippen molar-refractivity contribution in [2.75, 3.05) is 17.7 Å². The molecule has 0 atom stereocenters. The van der Waals surface area contributed by atoms with Crippen LogP contribution in [0, 0.1) is 17.4 Å². The van der Waals surface area contributed by atoms with Crippen LogP contribution in [0.1, 0.15) is 11.1 Å². The number of hydrogen-bond acceptors (Lipinski definition) is 4. The van der Waals surface area contributed by atoms with Crippen molar-refractivity contribution in [3.05, 3.63) is 39.1 Å². The van der Waals surface area contributed by atoms with E-state index in [0.29, 0.717) is 5.95 Å². The minimum atomic E-state index is 0.617. The molecule has 0 fully saturated rings. The van der Waals surface area contributed by atoms with Crippen LogP contribution in [0.3, 0.4) is 0 Å². The van der Waals surface area contributed by atoms with E-state index in [1.54, 1.807) is 0 Å². The van der Waals surface area contributed by atoms with Gasteiger partial charge in [0.15, 0.2) is 0 Å². The maximum Gasteiger partial charge on any atom is 0.224 e. The van der Waals surface area contributed by atoms with Gasteiger partial charge in [0.1, 0.15) is 5.82 Å². The number of hydrogen-bond donors (Lipinski definition) is 2. The summed E-state index contributed by atoms with van der Waals surface area (Å²) in [5, 5.41) is 6.30. The van der Waals surface area contributed by atoms with Gasteiger partial charge in [0.25, 0.3) is 0 Å². The number of nitrogens with one attached hydrogen (secondary N) is 2. The molecule has 0 radical (unpaired) electrons. The van der Waals surface area contributed by atoms with Crippen LogP contribution in [-0.4, -0.2) is 17.0 Å². The van der Waals surface area contributed by atoms with Gasteiger partial charge < -0.3 is 10.6 Å². The highest BCUT2D eigenvalue weighted by Gasteiger charge is 2.05. The van der Waals surface area contributed by atoms with Gasteiger partial charge in [-0.3, -0.25) is 0 Å². The highest BCUT2D eigenvalue weighted by atomic mass is 127. The van der Waals surface area contributed by atoms with Gasteiger partial charge in [0.05, 0.1) is 0 Å². The van der Waals surface area contributed by atoms with E-state index < -0.39 is 0 Å². The predicted molar refractivity (Wildman–Crippen MR) is 83.5 cm³/mol. The summed E-state index contributed by atoms with van der Waals surface area (Å²) in [6.45, 7) is 4.07. The third-order valence-corrected chi connectivity index (χ3v) is 3.32. The molecule has 1 heterocycles. The number of halogens is 1. The van der Waals surface area contributed by atoms with Gasteiger partial charge in [-0.15, -0.1) is 0 Å². The molecule has 0 aliphatic heterocycles. The van der Waals surface area contributed by atoms with Crippen LogP contribution in [0.25, 0.3) is 0 Å². The summed E-state index contributed by atoms with van der Waals surface area (Å²) in [5.41, 5.74) is 3.29. The zero-order valence-corrected chi connectivity index (χ0v) is 12.7. The molecule has 0 spiro atoms. The van der Waals surface area contributed by atoms with E-state index in [-0.39, 0.29) is 0 Å². The minimum absolute atomic E-state index is 0.617. The van der Waals surface area contributed by atoms with Crippen molar-refractivity contribution in [1.82, 2.24) is 9.97 Å². The molecule has 1 aromatic carbocycles. The van der Waals surface area contributed by atoms with Gasteiger partial charge in [0, 0.05) is 28.1 Å². The summed E-state index contributed by atoms with van der Waals surface area (Å²) < 4.78 is 1.20. The summed E-state index contributed by atoms with van der Waals surface area (Å²) in [6, 6.07) is 6.29. The molecule has 0 amide bonds. The Morgan fingerprint density at radius 1 is 1.17 bits per heavy atom. The number of aryl methyl sites for hydroxylation is 2. The molecule has 0 saturated carbocycles. The van der Waals surface area contributed by atoms with Crippen molar-refractivity contribution in [1.29, 1.82) is 0 Å². The fourth-order valence-electron chi connectivity index (χ4n) is 1.55. The van der Waals surface area contributed by atoms with Crippen molar-refractivity contribution >= 4 is 40.0 Å². The number of nitrogens with zero attached hydrogens (tertiary/aromatic N) is 2. The maximum atomic E-state index is 4.42. The molecule has 5 heteroatoms. The van der Waals surface area contributed by atoms with Crippen molar-refractivity contribution in [3.8, 4) is 0 Å². The molecular formula is C13H15IN4. The first-order valence-electron chi connectivity index (χ1n) is 5.64. The summed E-state index contributed by atoms with van der Waals surface area (Å²) >= 11 is 2.30. The van der Waals surface area contributed by atoms with Crippen molar-refractivity contribution in [2.45, 2.75) is 13.8 Å². The van der Waals surface area contributed by atoms with Gasteiger partial charge >= 0.3 is 0 Å². The molecule has 0 bridgehead atoms. The monoisotopic (exact) mass is 354 g/mol. The Kier molecular flexibility index (Phi) is 4.00. The summed E-state index contributed by atoms with van der Waals surface area (Å²) in [6.07, 6.45) is 1.81. The van der Waals surface area contributed by atoms with Crippen LogP contribution in [0.5, 0.6) is 0 Å². The van der Waals surface area contributed by atoms with Gasteiger partial charge in [-0.1, -0.05) is 6.07 Å². The molecule has 4 nitrogen and oxygen atoms in total. The molecule has 0 aliphatic carbocycles. The van der Waals surface area contributed by atoms with E-state index in [2.05, 4.69) is 68.3 Å². The van der Waals surface area contributed by atoms with Crippen molar-refractivity contribution in [3.63, 3.8) is 0 Å². The first-order valence-corrected chi connectivity index (χ1v) is 6.72. The molecule has 0 aliphatic rings. The van der Waals surface area contributed by atoms with Crippen LogP contribution >= 0.6 is 22.6 Å². The van der Waals surface area contributed by atoms with Gasteiger partial charge in [0.2, 0.25) is 5.95 Å². The van der Waals surface area contributed by atoms with Crippen LogP contribution < -0.4 is 10.6 Å². The van der Waals surface area contributed by atoms with Crippen LogP contribution in [0.2, 0.25) is 0 Å². The second kappa shape index (κ2) is 5.51. The first-order chi connectivity index (χ1) is 8.60. The molecule has 94 valence electrons. The minimum Gasteiger partial charge on any atom is -0.357 e. The summed E-state index contributed by atoms with van der Waals surface area (Å²) in [4.78, 5) is 8.60. The molecular weight excluding hydrogens is 339 g/mol. The predicted octanol–water partition coefficient (Wildman–Crippen LogP) is 3.48. The third kappa shape index (κ3) is 2.90. The number of anilines is 3. The molecule has 0 saturated heterocycles. The topological polar surface area (TPSA) is 49.8 Å². The number of rotatable bonds is 3. The van der Waals surface area contributed by atoms with Gasteiger partial charge in [-0.2, -0.15) is 4.98 Å². The van der Waals surface area contributed by atoms with Gasteiger partial charge in [-0.05, 0) is 54.1 Å². The zero-order valence-electron chi connectivity index (χ0n) is 10.6. The van der Waals surface area contributed by atoms with E-state index in [0.717, 1.165) is 17.1 Å². The van der Waals surface area contributed by atoms with E-state index in [4.69, 9.17) is 0 Å². The SMILES string of the molecule is CNc1ncc(C)c(Nc2cc(I)ccc2C)n1. The fourth-order valence-corrected chi connectivity index (χ4v) is 2.04. The highest BCUT2D eigenvalue weighted by molar-refractivity contribution is 14.1. The molecule has 18 heavy (non-hydrogen) atoms. The van der Waals surface area contributed by atoms with E-state index in [1.165, 1.54) is 9.13 Å². The Hall–Kier alpha value is -1.37. The number of benzene rings is 1. The highest BCUT2D eigenvalue weighted by Crippen LogP contribution is 2.23. The number of aromatic nitrogens is 2. The largest absolute Gasteiger partial charge is 0.357 e. The van der Waals surface area contributed by atoms with Gasteiger partial charge in [-0.25, -0.2) is 4.98 Å². The van der Waals surface area contributed by atoms with Crippen molar-refractivity contribution < 1.29 is 0 Å². The molecule has 0 unspecified atom stereocenters. The Balaban J connectivity index is 2.36. The standard InChI is InChI=1S/C13H15IN4/c1-8-4-5-10(14)6-11(8)17-12-9(2)7-16-13(15-3)18-12/h4-7H,1-3H3,(H2,15,16,17,18). The van der Waals surface area contributed by atoms with E-state index in [9.17, 15) is 0 Å². The molecule has 1 aromatic heterocycles. The fraction of sp³-hybridized carbons (Fsp3) is 0.231. The average Bonchev–Trinajstić information content (AvgIpc) is 2.36. The third-order valence-electron chi connectivity index (χ3n) is 2.65. The lowest BCUT2D eigenvalue weighted by Crippen LogP contribution is -2.03. The Labute approximate surface area is 120 Å². The second-order valence-corrected chi connectivity index (χ2v) is 5.31. The summed E-state index contributed by atoms with van der Waals surface area (Å²) in [5.74, 6) is 1.45. The normalized spacial score (nSPS) is 10.2. The van der Waals surface area contributed by atoms with E-state index >= 15 is 0 Å². The molecule has 2 N–H and O–H groups in total. The average molecular weight is 354 g/mol. The summed E-state index contributed by atoms with van der Waals surface area (Å²) in [7, 11) is 1.81. The Morgan fingerprint density at radius 3 is 2.67 bits per heavy atom. The molecule has 2 aromatic rings. The lowest BCUT2D eigenvalue weighted by atomic mass is 10.2. The lowest BCUT2D eigenvalue weighted by Gasteiger charge is -2.12. The Morgan fingerprint density at radius 2 is 1.94 bits per heavy atom. The smallest absolute Gasteiger partial charge is 0.224 e. The van der Waals surface area contributed by atoms with Crippen LogP contribution in [-0.2, 0) is 0 Å². The lowest BCUT2D eigenvalue weighted by molar-refractivity contribution is 1.12. The van der Waals surface area contributed by atoms with Crippen LogP contribution in [0.4, 0.5) is 17.5 Å². The first kappa shape index (κ1) is 13.1. The van der Waals surface area contributed by atoms with E-state index in [1.807, 2.05) is 20.2 Å². The maximum absolute atomic E-state index is 4.42. The molecule has 2 rings (SSSR count). The quantitative estimate of drug-likeness (QED) is 0.829. The zero-order chi connectivity index (χ0) is 13.1.